The van der Waals surface area contributed by atoms with Crippen molar-refractivity contribution in [2.45, 2.75) is 25.4 Å². The molecule has 6 heteroatoms. The molecule has 0 radical (unpaired) electrons. The van der Waals surface area contributed by atoms with Gasteiger partial charge in [-0.25, -0.2) is 0 Å². The minimum atomic E-state index is -0.294. The van der Waals surface area contributed by atoms with Crippen molar-refractivity contribution >= 4 is 17.5 Å². The van der Waals surface area contributed by atoms with Crippen LogP contribution in [0.4, 0.5) is 5.69 Å². The third-order valence-corrected chi connectivity index (χ3v) is 4.84. The van der Waals surface area contributed by atoms with Crippen molar-refractivity contribution < 1.29 is 19.1 Å². The molecule has 1 saturated heterocycles. The number of rotatable bonds is 8. The van der Waals surface area contributed by atoms with Crippen LogP contribution in [0.3, 0.4) is 0 Å². The molecule has 2 N–H and O–H groups in total. The van der Waals surface area contributed by atoms with Gasteiger partial charge < -0.3 is 20.1 Å². The number of carbonyl (C=O) groups excluding carboxylic acids is 2. The maximum atomic E-state index is 12.8. The molecule has 0 spiro atoms. The quantitative estimate of drug-likeness (QED) is 0.671. The highest BCUT2D eigenvalue weighted by Crippen LogP contribution is 2.22. The maximum absolute atomic E-state index is 12.8. The Balaban J connectivity index is 1.72. The lowest BCUT2D eigenvalue weighted by Crippen LogP contribution is -2.32. The van der Waals surface area contributed by atoms with E-state index in [1.54, 1.807) is 55.7 Å². The molecule has 2 aromatic rings. The number of para-hydroxylation sites is 1. The van der Waals surface area contributed by atoms with Gasteiger partial charge in [-0.3, -0.25) is 9.59 Å². The van der Waals surface area contributed by atoms with E-state index in [4.69, 9.17) is 9.47 Å². The molecule has 0 bridgehead atoms. The summed E-state index contributed by atoms with van der Waals surface area (Å²) in [5, 5.41) is 5.74. The molecule has 0 aliphatic carbocycles. The summed E-state index contributed by atoms with van der Waals surface area (Å²) >= 11 is 0. The van der Waals surface area contributed by atoms with Gasteiger partial charge in [0.1, 0.15) is 5.75 Å². The van der Waals surface area contributed by atoms with Crippen LogP contribution in [0.5, 0.6) is 5.75 Å². The number of benzene rings is 2. The number of carbonyl (C=O) groups is 2. The topological polar surface area (TPSA) is 76.7 Å². The first-order valence-electron chi connectivity index (χ1n) is 9.70. The normalized spacial score (nSPS) is 15.6. The molecule has 152 valence electrons. The van der Waals surface area contributed by atoms with E-state index in [2.05, 4.69) is 17.2 Å². The summed E-state index contributed by atoms with van der Waals surface area (Å²) in [6.07, 6.45) is 4.37. The highest BCUT2D eigenvalue weighted by Gasteiger charge is 2.19. The fourth-order valence-electron chi connectivity index (χ4n) is 3.33. The minimum Gasteiger partial charge on any atom is -0.496 e. The van der Waals surface area contributed by atoms with Gasteiger partial charge in [0.2, 0.25) is 0 Å². The van der Waals surface area contributed by atoms with E-state index in [9.17, 15) is 9.59 Å². The molecule has 6 nitrogen and oxygen atoms in total. The minimum absolute atomic E-state index is 0.0586. The smallest absolute Gasteiger partial charge is 0.255 e. The van der Waals surface area contributed by atoms with Crippen LogP contribution in [0.1, 0.15) is 39.1 Å². The van der Waals surface area contributed by atoms with Crippen molar-refractivity contribution in [2.75, 3.05) is 25.6 Å². The van der Waals surface area contributed by atoms with Crippen molar-refractivity contribution in [1.82, 2.24) is 5.32 Å². The van der Waals surface area contributed by atoms with Crippen molar-refractivity contribution in [3.63, 3.8) is 0 Å². The Bertz CT molecular complexity index is 888. The standard InChI is InChI=1S/C23H26N2O4/c1-3-7-16-14-17(11-12-21(16)28-2)22(26)25-20-10-5-4-9-19(20)23(27)24-15-18-8-6-13-29-18/h3-5,9-12,14,18H,1,6-8,13,15H2,2H3,(H,24,27)(H,25,26)/t18-/m0/s1. The fraction of sp³-hybridized carbons (Fsp3) is 0.304. The van der Waals surface area contributed by atoms with E-state index in [1.165, 1.54) is 0 Å². The summed E-state index contributed by atoms with van der Waals surface area (Å²) < 4.78 is 10.9. The number of ether oxygens (including phenoxy) is 2. The van der Waals surface area contributed by atoms with E-state index >= 15 is 0 Å². The van der Waals surface area contributed by atoms with Crippen molar-refractivity contribution in [3.05, 3.63) is 71.8 Å². The average molecular weight is 394 g/mol. The van der Waals surface area contributed by atoms with Gasteiger partial charge in [0, 0.05) is 18.7 Å². The lowest BCUT2D eigenvalue weighted by atomic mass is 10.1. The number of anilines is 1. The molecule has 1 heterocycles. The van der Waals surface area contributed by atoms with Crippen LogP contribution in [0.15, 0.2) is 55.1 Å². The third-order valence-electron chi connectivity index (χ3n) is 4.84. The molecule has 2 amide bonds. The second-order valence-corrected chi connectivity index (χ2v) is 6.86. The molecular formula is C23H26N2O4. The number of allylic oxidation sites excluding steroid dienone is 1. The zero-order valence-electron chi connectivity index (χ0n) is 16.6. The highest BCUT2D eigenvalue weighted by molar-refractivity contribution is 6.09. The van der Waals surface area contributed by atoms with Gasteiger partial charge in [-0.15, -0.1) is 6.58 Å². The Kier molecular flexibility index (Phi) is 7.03. The number of nitrogens with one attached hydrogen (secondary N) is 2. The summed E-state index contributed by atoms with van der Waals surface area (Å²) in [4.78, 5) is 25.4. The molecule has 0 unspecified atom stereocenters. The molecular weight excluding hydrogens is 368 g/mol. The molecule has 0 saturated carbocycles. The lowest BCUT2D eigenvalue weighted by molar-refractivity contribution is 0.0858. The number of amides is 2. The van der Waals surface area contributed by atoms with E-state index < -0.39 is 0 Å². The second-order valence-electron chi connectivity index (χ2n) is 6.86. The Morgan fingerprint density at radius 1 is 1.24 bits per heavy atom. The molecule has 2 aromatic carbocycles. The van der Waals surface area contributed by atoms with Gasteiger partial charge >= 0.3 is 0 Å². The SMILES string of the molecule is C=CCc1cc(C(=O)Nc2ccccc2C(=O)NC[C@@H]2CCCO2)ccc1OC. The second kappa shape index (κ2) is 9.89. The molecule has 1 aliphatic rings. The summed E-state index contributed by atoms with van der Waals surface area (Å²) in [6.45, 7) is 4.94. The van der Waals surface area contributed by atoms with Crippen molar-refractivity contribution in [1.29, 1.82) is 0 Å². The Morgan fingerprint density at radius 2 is 2.07 bits per heavy atom. The molecule has 1 atom stereocenters. The highest BCUT2D eigenvalue weighted by atomic mass is 16.5. The zero-order chi connectivity index (χ0) is 20.6. The van der Waals surface area contributed by atoms with E-state index in [-0.39, 0.29) is 17.9 Å². The summed E-state index contributed by atoms with van der Waals surface area (Å²) in [7, 11) is 1.59. The maximum Gasteiger partial charge on any atom is 0.255 e. The van der Waals surface area contributed by atoms with Crippen LogP contribution in [-0.4, -0.2) is 38.2 Å². The Labute approximate surface area is 170 Å². The van der Waals surface area contributed by atoms with Crippen LogP contribution in [0.2, 0.25) is 0 Å². The summed E-state index contributed by atoms with van der Waals surface area (Å²) in [5.41, 5.74) is 2.23. The van der Waals surface area contributed by atoms with Gasteiger partial charge in [0.25, 0.3) is 11.8 Å². The van der Waals surface area contributed by atoms with Gasteiger partial charge in [-0.2, -0.15) is 0 Å². The zero-order valence-corrected chi connectivity index (χ0v) is 16.6. The summed E-state index contributed by atoms with van der Waals surface area (Å²) in [6, 6.07) is 12.2. The first kappa shape index (κ1) is 20.6. The number of hydrogen-bond donors (Lipinski definition) is 2. The molecule has 0 aromatic heterocycles. The summed E-state index contributed by atoms with van der Waals surface area (Å²) in [5.74, 6) is 0.172. The Morgan fingerprint density at radius 3 is 2.79 bits per heavy atom. The van der Waals surface area contributed by atoms with Crippen LogP contribution in [0, 0.1) is 0 Å². The van der Waals surface area contributed by atoms with Crippen molar-refractivity contribution in [2.24, 2.45) is 0 Å². The predicted octanol–water partition coefficient (Wildman–Crippen LogP) is 3.58. The van der Waals surface area contributed by atoms with Crippen molar-refractivity contribution in [3.8, 4) is 5.75 Å². The van der Waals surface area contributed by atoms with E-state index in [1.807, 2.05) is 0 Å². The molecule has 1 aliphatic heterocycles. The molecule has 29 heavy (non-hydrogen) atoms. The largest absolute Gasteiger partial charge is 0.496 e. The van der Waals surface area contributed by atoms with Gasteiger partial charge in [0.15, 0.2) is 0 Å². The molecule has 1 fully saturated rings. The average Bonchev–Trinajstić information content (AvgIpc) is 3.26. The lowest BCUT2D eigenvalue weighted by Gasteiger charge is -2.14. The van der Waals surface area contributed by atoms with Crippen LogP contribution in [0.25, 0.3) is 0 Å². The Hall–Kier alpha value is -3.12. The van der Waals surface area contributed by atoms with Gasteiger partial charge in [-0.1, -0.05) is 18.2 Å². The van der Waals surface area contributed by atoms with Gasteiger partial charge in [0.05, 0.1) is 24.5 Å². The van der Waals surface area contributed by atoms with E-state index in [0.717, 1.165) is 25.0 Å². The third kappa shape index (κ3) is 5.23. The van der Waals surface area contributed by atoms with Crippen LogP contribution in [-0.2, 0) is 11.2 Å². The van der Waals surface area contributed by atoms with Crippen LogP contribution >= 0.6 is 0 Å². The van der Waals surface area contributed by atoms with Crippen LogP contribution < -0.4 is 15.4 Å². The predicted molar refractivity (Wildman–Crippen MR) is 113 cm³/mol. The monoisotopic (exact) mass is 394 g/mol. The number of methoxy groups -OCH3 is 1. The number of hydrogen-bond acceptors (Lipinski definition) is 4. The van der Waals surface area contributed by atoms with E-state index in [0.29, 0.717) is 35.5 Å². The first-order valence-corrected chi connectivity index (χ1v) is 9.70. The molecule has 3 rings (SSSR count). The van der Waals surface area contributed by atoms with Gasteiger partial charge in [-0.05, 0) is 55.2 Å². The first-order chi connectivity index (χ1) is 14.1. The fourth-order valence-corrected chi connectivity index (χ4v) is 3.33.